The predicted molar refractivity (Wildman–Crippen MR) is 149 cm³/mol. The van der Waals surface area contributed by atoms with E-state index in [1.165, 1.54) is 5.56 Å². The maximum atomic E-state index is 13.3. The van der Waals surface area contributed by atoms with E-state index in [1.54, 1.807) is 41.3 Å². The molecule has 7 heteroatoms. The Balaban J connectivity index is 1.61. The predicted octanol–water partition coefficient (Wildman–Crippen LogP) is 6.84. The topological polar surface area (TPSA) is 87.1 Å². The number of aliphatic hydroxyl groups is 1. The Labute approximate surface area is 228 Å². The summed E-state index contributed by atoms with van der Waals surface area (Å²) in [6.07, 6.45) is 0.846. The van der Waals surface area contributed by atoms with E-state index in [2.05, 4.69) is 18.2 Å². The number of carbonyl (C=O) groups excluding carboxylic acids is 1. The van der Waals surface area contributed by atoms with Crippen molar-refractivity contribution in [2.45, 2.75) is 64.7 Å². The van der Waals surface area contributed by atoms with Crippen molar-refractivity contribution in [2.75, 3.05) is 6.54 Å². The van der Waals surface area contributed by atoms with Crippen LogP contribution in [0.2, 0.25) is 5.02 Å². The molecule has 200 valence electrons. The van der Waals surface area contributed by atoms with Gasteiger partial charge in [-0.05, 0) is 105 Å². The van der Waals surface area contributed by atoms with Crippen LogP contribution in [-0.2, 0) is 17.6 Å². The number of carboxylic acid groups (broad SMARTS) is 1. The molecule has 3 aromatic rings. The van der Waals surface area contributed by atoms with E-state index < -0.39 is 23.8 Å². The van der Waals surface area contributed by atoms with Crippen LogP contribution in [0.1, 0.15) is 65.9 Å². The third kappa shape index (κ3) is 6.55. The van der Waals surface area contributed by atoms with E-state index in [-0.39, 0.29) is 18.2 Å². The van der Waals surface area contributed by atoms with Crippen molar-refractivity contribution in [1.29, 1.82) is 0 Å². The second-order valence-electron chi connectivity index (χ2n) is 10.9. The minimum atomic E-state index is -0.948. The zero-order chi connectivity index (χ0) is 27.6. The van der Waals surface area contributed by atoms with Crippen molar-refractivity contribution < 1.29 is 24.5 Å². The summed E-state index contributed by atoms with van der Waals surface area (Å²) in [5.41, 5.74) is 5.50. The fraction of sp³-hybridized carbons (Fsp3) is 0.355. The Morgan fingerprint density at radius 2 is 1.76 bits per heavy atom. The molecular formula is C31H34ClNO5. The molecule has 0 saturated carbocycles. The molecule has 3 aromatic carbocycles. The smallest absolute Gasteiger partial charge is 0.410 e. The van der Waals surface area contributed by atoms with Crippen LogP contribution in [0.15, 0.2) is 60.7 Å². The van der Waals surface area contributed by atoms with Crippen molar-refractivity contribution in [3.05, 3.63) is 93.5 Å². The minimum Gasteiger partial charge on any atom is -0.478 e. The number of aliphatic hydroxyl groups excluding tert-OH is 1. The number of carbonyl (C=O) groups is 2. The summed E-state index contributed by atoms with van der Waals surface area (Å²) in [4.78, 5) is 26.3. The van der Waals surface area contributed by atoms with Crippen LogP contribution in [0.4, 0.5) is 4.79 Å². The fourth-order valence-corrected chi connectivity index (χ4v) is 5.09. The van der Waals surface area contributed by atoms with E-state index in [1.807, 2.05) is 33.8 Å². The van der Waals surface area contributed by atoms with Crippen molar-refractivity contribution in [3.63, 3.8) is 0 Å². The molecule has 1 amide bonds. The van der Waals surface area contributed by atoms with Crippen LogP contribution in [0.25, 0.3) is 11.1 Å². The Morgan fingerprint density at radius 3 is 2.39 bits per heavy atom. The summed E-state index contributed by atoms with van der Waals surface area (Å²) >= 11 is 6.01. The molecule has 0 heterocycles. The molecule has 0 spiro atoms. The highest BCUT2D eigenvalue weighted by Gasteiger charge is 2.33. The second-order valence-corrected chi connectivity index (χ2v) is 11.4. The van der Waals surface area contributed by atoms with Gasteiger partial charge in [0.05, 0.1) is 18.2 Å². The van der Waals surface area contributed by atoms with Gasteiger partial charge in [0.1, 0.15) is 5.60 Å². The van der Waals surface area contributed by atoms with Crippen molar-refractivity contribution in [1.82, 2.24) is 4.90 Å². The molecule has 2 atom stereocenters. The summed E-state index contributed by atoms with van der Waals surface area (Å²) < 4.78 is 5.74. The number of hydrogen-bond donors (Lipinski definition) is 2. The number of aryl methyl sites for hydroxylation is 2. The highest BCUT2D eigenvalue weighted by atomic mass is 35.5. The van der Waals surface area contributed by atoms with E-state index >= 15 is 0 Å². The highest BCUT2D eigenvalue weighted by Crippen LogP contribution is 2.32. The molecule has 1 aliphatic rings. The largest absolute Gasteiger partial charge is 0.478 e. The number of amides is 1. The summed E-state index contributed by atoms with van der Waals surface area (Å²) in [5, 5.41) is 20.9. The van der Waals surface area contributed by atoms with Crippen LogP contribution in [0.3, 0.4) is 0 Å². The van der Waals surface area contributed by atoms with Gasteiger partial charge in [0.25, 0.3) is 0 Å². The molecule has 1 aliphatic carbocycles. The lowest BCUT2D eigenvalue weighted by Gasteiger charge is -2.37. The first-order valence-electron chi connectivity index (χ1n) is 12.8. The van der Waals surface area contributed by atoms with Crippen LogP contribution in [0, 0.1) is 6.92 Å². The number of aromatic carboxylic acids is 1. The highest BCUT2D eigenvalue weighted by molar-refractivity contribution is 6.30. The van der Waals surface area contributed by atoms with E-state index in [4.69, 9.17) is 16.3 Å². The van der Waals surface area contributed by atoms with Crippen LogP contribution in [0.5, 0.6) is 0 Å². The normalized spacial score (nSPS) is 15.9. The van der Waals surface area contributed by atoms with Gasteiger partial charge in [-0.3, -0.25) is 0 Å². The number of hydrogen-bond acceptors (Lipinski definition) is 4. The molecule has 4 rings (SSSR count). The number of nitrogens with zero attached hydrogens (tertiary/aromatic N) is 1. The van der Waals surface area contributed by atoms with Gasteiger partial charge in [0, 0.05) is 11.1 Å². The molecule has 0 fully saturated rings. The van der Waals surface area contributed by atoms with Crippen LogP contribution in [-0.4, -0.2) is 45.4 Å². The zero-order valence-electron chi connectivity index (χ0n) is 22.2. The quantitative estimate of drug-likeness (QED) is 0.361. The SMILES string of the molecule is Cc1cc(C(=O)O)ccc1-c1ccc2c(c1)C[C@@H](N(C[C@@H](O)c1ccc(Cl)cc1)C(=O)OC(C)(C)C)CC2. The standard InChI is InChI=1S/C31H34ClNO5/c1-19-15-23(29(35)36)10-14-27(19)22-6-5-20-9-13-26(17-24(20)16-22)33(30(37)38-31(2,3)4)18-28(34)21-7-11-25(32)12-8-21/h5-8,10-12,14-16,26,28,34H,9,13,17-18H2,1-4H3,(H,35,36)/t26-,28+/m0/s1. The molecule has 0 aliphatic heterocycles. The molecule has 0 radical (unpaired) electrons. The maximum absolute atomic E-state index is 13.3. The minimum absolute atomic E-state index is 0.103. The number of benzene rings is 3. The third-order valence-electron chi connectivity index (χ3n) is 6.89. The second kappa shape index (κ2) is 11.2. The Bertz CT molecular complexity index is 1330. The Morgan fingerprint density at radius 1 is 1.05 bits per heavy atom. The lowest BCUT2D eigenvalue weighted by atomic mass is 9.85. The molecule has 0 saturated heterocycles. The monoisotopic (exact) mass is 535 g/mol. The van der Waals surface area contributed by atoms with Gasteiger partial charge in [-0.25, -0.2) is 9.59 Å². The van der Waals surface area contributed by atoms with Crippen LogP contribution >= 0.6 is 11.6 Å². The first kappa shape index (κ1) is 27.7. The molecule has 0 unspecified atom stereocenters. The summed E-state index contributed by atoms with van der Waals surface area (Å²) in [7, 11) is 0. The number of fused-ring (bicyclic) bond motifs is 1. The number of halogens is 1. The Hall–Kier alpha value is -3.35. The van der Waals surface area contributed by atoms with Crippen molar-refractivity contribution in [2.24, 2.45) is 0 Å². The Kier molecular flexibility index (Phi) is 8.14. The van der Waals surface area contributed by atoms with Gasteiger partial charge in [-0.2, -0.15) is 0 Å². The third-order valence-corrected chi connectivity index (χ3v) is 7.14. The zero-order valence-corrected chi connectivity index (χ0v) is 23.0. The number of ether oxygens (including phenoxy) is 1. The summed E-state index contributed by atoms with van der Waals surface area (Å²) in [6.45, 7) is 7.51. The molecular weight excluding hydrogens is 502 g/mol. The number of rotatable bonds is 6. The molecule has 0 bridgehead atoms. The average molecular weight is 536 g/mol. The van der Waals surface area contributed by atoms with Gasteiger partial charge < -0.3 is 19.8 Å². The van der Waals surface area contributed by atoms with Gasteiger partial charge in [-0.1, -0.05) is 48.0 Å². The molecule has 6 nitrogen and oxygen atoms in total. The van der Waals surface area contributed by atoms with E-state index in [9.17, 15) is 19.8 Å². The van der Waals surface area contributed by atoms with Gasteiger partial charge in [-0.15, -0.1) is 0 Å². The van der Waals surface area contributed by atoms with Gasteiger partial charge in [0.2, 0.25) is 0 Å². The van der Waals surface area contributed by atoms with Crippen molar-refractivity contribution in [3.8, 4) is 11.1 Å². The molecule has 0 aromatic heterocycles. The number of carboxylic acids is 1. The fourth-order valence-electron chi connectivity index (χ4n) is 4.96. The van der Waals surface area contributed by atoms with Crippen LogP contribution < -0.4 is 0 Å². The average Bonchev–Trinajstić information content (AvgIpc) is 2.85. The van der Waals surface area contributed by atoms with Crippen molar-refractivity contribution >= 4 is 23.7 Å². The summed E-state index contributed by atoms with van der Waals surface area (Å²) in [5.74, 6) is -0.948. The van der Waals surface area contributed by atoms with Gasteiger partial charge in [0.15, 0.2) is 0 Å². The maximum Gasteiger partial charge on any atom is 0.410 e. The van der Waals surface area contributed by atoms with Gasteiger partial charge >= 0.3 is 12.1 Å². The lowest BCUT2D eigenvalue weighted by molar-refractivity contribution is 0.00195. The lowest BCUT2D eigenvalue weighted by Crippen LogP contribution is -2.47. The van der Waals surface area contributed by atoms with E-state index in [0.29, 0.717) is 17.0 Å². The molecule has 2 N–H and O–H groups in total. The van der Waals surface area contributed by atoms with E-state index in [0.717, 1.165) is 35.1 Å². The first-order valence-corrected chi connectivity index (χ1v) is 13.2. The summed E-state index contributed by atoms with van der Waals surface area (Å²) in [6, 6.07) is 18.3. The first-order chi connectivity index (χ1) is 17.9. The molecule has 38 heavy (non-hydrogen) atoms.